The first-order valence-corrected chi connectivity index (χ1v) is 8.88. The number of likely N-dealkylation sites (N-methyl/N-ethyl adjacent to an activating group) is 1. The smallest absolute Gasteiger partial charge is 0.229 e. The summed E-state index contributed by atoms with van der Waals surface area (Å²) in [6.07, 6.45) is 0. The normalized spacial score (nSPS) is 10.8. The fourth-order valence-electron chi connectivity index (χ4n) is 2.60. The lowest BCUT2D eigenvalue weighted by molar-refractivity contribution is 0.425. The molecule has 0 bridgehead atoms. The third-order valence-corrected chi connectivity index (χ3v) is 3.97. The number of benzene rings is 1. The first-order valence-electron chi connectivity index (χ1n) is 8.88. The number of hydrogen-bond acceptors (Lipinski definition) is 6. The SMILES string of the molecule is CCN(CC)c1ccc(Nc2nc(C)cc(NCCN(C)C)n2)cc1. The Labute approximate surface area is 151 Å². The van der Waals surface area contributed by atoms with Gasteiger partial charge in [0.05, 0.1) is 0 Å². The Morgan fingerprint density at radius 2 is 1.68 bits per heavy atom. The van der Waals surface area contributed by atoms with E-state index in [0.29, 0.717) is 5.95 Å². The second-order valence-corrected chi connectivity index (χ2v) is 6.29. The average Bonchev–Trinajstić information content (AvgIpc) is 2.56. The summed E-state index contributed by atoms with van der Waals surface area (Å²) in [6, 6.07) is 10.4. The second kappa shape index (κ2) is 9.22. The van der Waals surface area contributed by atoms with Crippen molar-refractivity contribution >= 4 is 23.1 Å². The molecule has 0 unspecified atom stereocenters. The summed E-state index contributed by atoms with van der Waals surface area (Å²) in [5, 5.41) is 6.64. The minimum absolute atomic E-state index is 0.614. The topological polar surface area (TPSA) is 56.3 Å². The van der Waals surface area contributed by atoms with Crippen LogP contribution in [0.3, 0.4) is 0 Å². The van der Waals surface area contributed by atoms with Crippen molar-refractivity contribution in [2.45, 2.75) is 20.8 Å². The molecule has 0 aliphatic heterocycles. The van der Waals surface area contributed by atoms with Gasteiger partial charge in [-0.1, -0.05) is 0 Å². The summed E-state index contributed by atoms with van der Waals surface area (Å²) in [7, 11) is 4.11. The van der Waals surface area contributed by atoms with E-state index in [2.05, 4.69) is 82.6 Å². The monoisotopic (exact) mass is 342 g/mol. The predicted molar refractivity (Wildman–Crippen MR) is 107 cm³/mol. The number of nitrogens with zero attached hydrogens (tertiary/aromatic N) is 4. The molecule has 1 aromatic carbocycles. The quantitative estimate of drug-likeness (QED) is 0.729. The molecule has 0 aliphatic rings. The highest BCUT2D eigenvalue weighted by Crippen LogP contribution is 2.20. The van der Waals surface area contributed by atoms with Crippen LogP contribution in [0.1, 0.15) is 19.5 Å². The highest BCUT2D eigenvalue weighted by molar-refractivity contribution is 5.60. The van der Waals surface area contributed by atoms with E-state index in [1.807, 2.05) is 13.0 Å². The third-order valence-electron chi connectivity index (χ3n) is 3.97. The van der Waals surface area contributed by atoms with Crippen LogP contribution in [0.25, 0.3) is 0 Å². The molecule has 0 fully saturated rings. The summed E-state index contributed by atoms with van der Waals surface area (Å²) in [4.78, 5) is 13.5. The summed E-state index contributed by atoms with van der Waals surface area (Å²) in [5.74, 6) is 1.46. The van der Waals surface area contributed by atoms with E-state index in [1.54, 1.807) is 0 Å². The molecule has 0 radical (unpaired) electrons. The molecule has 2 rings (SSSR count). The zero-order chi connectivity index (χ0) is 18.2. The molecule has 0 saturated carbocycles. The van der Waals surface area contributed by atoms with Crippen LogP contribution in [0.15, 0.2) is 30.3 Å². The second-order valence-electron chi connectivity index (χ2n) is 6.29. The summed E-state index contributed by atoms with van der Waals surface area (Å²) in [6.45, 7) is 10.1. The Morgan fingerprint density at radius 3 is 2.28 bits per heavy atom. The number of aromatic nitrogens is 2. The molecule has 0 saturated heterocycles. The van der Waals surface area contributed by atoms with Gasteiger partial charge in [-0.15, -0.1) is 0 Å². The molecule has 2 aromatic rings. The number of hydrogen-bond donors (Lipinski definition) is 2. The van der Waals surface area contributed by atoms with E-state index in [-0.39, 0.29) is 0 Å². The van der Waals surface area contributed by atoms with Crippen LogP contribution in [-0.2, 0) is 0 Å². The van der Waals surface area contributed by atoms with Gasteiger partial charge in [-0.05, 0) is 59.1 Å². The third kappa shape index (κ3) is 5.90. The van der Waals surface area contributed by atoms with Crippen LogP contribution in [0.4, 0.5) is 23.1 Å². The van der Waals surface area contributed by atoms with Gasteiger partial charge in [0.2, 0.25) is 5.95 Å². The van der Waals surface area contributed by atoms with Crippen LogP contribution < -0.4 is 15.5 Å². The van der Waals surface area contributed by atoms with E-state index < -0.39 is 0 Å². The Kier molecular flexibility index (Phi) is 7.01. The molecule has 136 valence electrons. The zero-order valence-corrected chi connectivity index (χ0v) is 16.0. The van der Waals surface area contributed by atoms with E-state index in [1.165, 1.54) is 5.69 Å². The average molecular weight is 342 g/mol. The van der Waals surface area contributed by atoms with Gasteiger partial charge in [-0.25, -0.2) is 4.98 Å². The lowest BCUT2D eigenvalue weighted by Gasteiger charge is -2.21. The Hall–Kier alpha value is -2.34. The van der Waals surface area contributed by atoms with Crippen LogP contribution >= 0.6 is 0 Å². The standard InChI is InChI=1S/C19H30N6/c1-6-25(7-2)17-10-8-16(9-11-17)22-19-21-15(3)14-18(23-19)20-12-13-24(4)5/h8-11,14H,6-7,12-13H2,1-5H3,(H2,20,21,22,23). The van der Waals surface area contributed by atoms with Crippen molar-refractivity contribution in [3.63, 3.8) is 0 Å². The van der Waals surface area contributed by atoms with Crippen LogP contribution in [0, 0.1) is 6.92 Å². The Balaban J connectivity index is 2.05. The number of nitrogens with one attached hydrogen (secondary N) is 2. The van der Waals surface area contributed by atoms with Gasteiger partial charge in [0, 0.05) is 49.3 Å². The maximum Gasteiger partial charge on any atom is 0.229 e. The molecule has 6 nitrogen and oxygen atoms in total. The Morgan fingerprint density at radius 1 is 1.00 bits per heavy atom. The molecule has 1 aromatic heterocycles. The lowest BCUT2D eigenvalue weighted by Crippen LogP contribution is -2.21. The van der Waals surface area contributed by atoms with Crippen molar-refractivity contribution in [3.8, 4) is 0 Å². The minimum Gasteiger partial charge on any atom is -0.372 e. The molecule has 25 heavy (non-hydrogen) atoms. The van der Waals surface area contributed by atoms with Gasteiger partial charge < -0.3 is 20.4 Å². The van der Waals surface area contributed by atoms with Gasteiger partial charge in [0.1, 0.15) is 5.82 Å². The van der Waals surface area contributed by atoms with Crippen molar-refractivity contribution in [1.29, 1.82) is 0 Å². The molecule has 2 N–H and O–H groups in total. The van der Waals surface area contributed by atoms with E-state index in [0.717, 1.165) is 43.4 Å². The van der Waals surface area contributed by atoms with Gasteiger partial charge in [-0.3, -0.25) is 0 Å². The lowest BCUT2D eigenvalue weighted by atomic mass is 10.2. The van der Waals surface area contributed by atoms with E-state index in [9.17, 15) is 0 Å². The van der Waals surface area contributed by atoms with Crippen molar-refractivity contribution < 1.29 is 0 Å². The van der Waals surface area contributed by atoms with Crippen molar-refractivity contribution in [2.75, 3.05) is 55.8 Å². The molecule has 6 heteroatoms. The summed E-state index contributed by atoms with van der Waals surface area (Å²) < 4.78 is 0. The molecule has 0 atom stereocenters. The highest BCUT2D eigenvalue weighted by atomic mass is 15.2. The van der Waals surface area contributed by atoms with Crippen LogP contribution in [0.2, 0.25) is 0 Å². The van der Waals surface area contributed by atoms with Gasteiger partial charge in [-0.2, -0.15) is 4.98 Å². The molecule has 0 aliphatic carbocycles. The zero-order valence-electron chi connectivity index (χ0n) is 16.0. The number of anilines is 4. The van der Waals surface area contributed by atoms with Crippen LogP contribution in [-0.4, -0.2) is 55.1 Å². The minimum atomic E-state index is 0.614. The predicted octanol–water partition coefficient (Wildman–Crippen LogP) is 3.35. The van der Waals surface area contributed by atoms with Gasteiger partial charge >= 0.3 is 0 Å². The molecule has 1 heterocycles. The van der Waals surface area contributed by atoms with Gasteiger partial charge in [0.25, 0.3) is 0 Å². The van der Waals surface area contributed by atoms with Crippen molar-refractivity contribution in [2.24, 2.45) is 0 Å². The number of aryl methyl sites for hydroxylation is 1. The maximum atomic E-state index is 4.55. The Bertz CT molecular complexity index is 649. The maximum absolute atomic E-state index is 4.55. The fourth-order valence-corrected chi connectivity index (χ4v) is 2.60. The summed E-state index contributed by atoms with van der Waals surface area (Å²) in [5.41, 5.74) is 3.15. The largest absolute Gasteiger partial charge is 0.372 e. The van der Waals surface area contributed by atoms with E-state index >= 15 is 0 Å². The molecular formula is C19H30N6. The molecular weight excluding hydrogens is 312 g/mol. The van der Waals surface area contributed by atoms with Crippen molar-refractivity contribution in [3.05, 3.63) is 36.0 Å². The first-order chi connectivity index (χ1) is 12.0. The number of rotatable bonds is 9. The molecule has 0 spiro atoms. The highest BCUT2D eigenvalue weighted by Gasteiger charge is 2.05. The first kappa shape index (κ1) is 19.0. The summed E-state index contributed by atoms with van der Waals surface area (Å²) >= 11 is 0. The fraction of sp³-hybridized carbons (Fsp3) is 0.474. The van der Waals surface area contributed by atoms with Crippen molar-refractivity contribution in [1.82, 2.24) is 14.9 Å². The van der Waals surface area contributed by atoms with Gasteiger partial charge in [0.15, 0.2) is 0 Å². The van der Waals surface area contributed by atoms with E-state index in [4.69, 9.17) is 0 Å². The molecule has 0 amide bonds. The van der Waals surface area contributed by atoms with Crippen LogP contribution in [0.5, 0.6) is 0 Å².